The molecule has 2 amide bonds. The Hall–Kier alpha value is -1.71. The highest BCUT2D eigenvalue weighted by molar-refractivity contribution is 5.74. The van der Waals surface area contributed by atoms with Crippen LogP contribution in [0, 0.1) is 6.92 Å². The first kappa shape index (κ1) is 11.4. The molecule has 0 bridgehead atoms. The Bertz CT molecular complexity index is 364. The van der Waals surface area contributed by atoms with E-state index in [2.05, 4.69) is 10.6 Å². The number of rotatable bonds is 2. The maximum atomic E-state index is 11.1. The normalized spacial score (nSPS) is 11.9. The van der Waals surface area contributed by atoms with Gasteiger partial charge in [-0.15, -0.1) is 0 Å². The van der Waals surface area contributed by atoms with E-state index in [0.717, 1.165) is 11.1 Å². The van der Waals surface area contributed by atoms with Crippen LogP contribution < -0.4 is 10.6 Å². The molecule has 1 aromatic carbocycles. The van der Waals surface area contributed by atoms with Crippen molar-refractivity contribution in [3.05, 3.63) is 29.3 Å². The number of nitrogens with one attached hydrogen (secondary N) is 2. The second-order valence-corrected chi connectivity index (χ2v) is 3.49. The zero-order valence-electron chi connectivity index (χ0n) is 9.16. The van der Waals surface area contributed by atoms with Crippen LogP contribution in [0.3, 0.4) is 0 Å². The smallest absolute Gasteiger partial charge is 0.315 e. The van der Waals surface area contributed by atoms with Crippen molar-refractivity contribution in [3.63, 3.8) is 0 Å². The van der Waals surface area contributed by atoms with Gasteiger partial charge in [0.15, 0.2) is 0 Å². The molecule has 4 heteroatoms. The molecule has 0 aromatic heterocycles. The lowest BCUT2D eigenvalue weighted by molar-refractivity contribution is 0.240. The highest BCUT2D eigenvalue weighted by atomic mass is 16.3. The molecule has 1 rings (SSSR count). The fourth-order valence-corrected chi connectivity index (χ4v) is 1.25. The van der Waals surface area contributed by atoms with Crippen molar-refractivity contribution in [2.45, 2.75) is 19.9 Å². The number of aryl methyl sites for hydroxylation is 1. The van der Waals surface area contributed by atoms with Gasteiger partial charge in [-0.2, -0.15) is 0 Å². The van der Waals surface area contributed by atoms with Crippen molar-refractivity contribution in [1.82, 2.24) is 10.6 Å². The zero-order chi connectivity index (χ0) is 11.4. The van der Waals surface area contributed by atoms with Gasteiger partial charge in [-0.25, -0.2) is 4.79 Å². The minimum Gasteiger partial charge on any atom is -0.508 e. The van der Waals surface area contributed by atoms with Gasteiger partial charge in [0.1, 0.15) is 5.75 Å². The molecule has 4 nitrogen and oxygen atoms in total. The summed E-state index contributed by atoms with van der Waals surface area (Å²) in [6.45, 7) is 3.69. The van der Waals surface area contributed by atoms with Gasteiger partial charge in [-0.05, 0) is 31.0 Å². The van der Waals surface area contributed by atoms with Gasteiger partial charge in [0.2, 0.25) is 0 Å². The number of aromatic hydroxyl groups is 1. The molecule has 1 atom stereocenters. The van der Waals surface area contributed by atoms with Crippen LogP contribution in [0.5, 0.6) is 5.75 Å². The number of amides is 2. The van der Waals surface area contributed by atoms with E-state index in [1.807, 2.05) is 26.0 Å². The molecule has 0 fully saturated rings. The molecule has 0 heterocycles. The summed E-state index contributed by atoms with van der Waals surface area (Å²) in [6, 6.07) is 5.01. The number of phenols is 1. The van der Waals surface area contributed by atoms with Gasteiger partial charge in [0.25, 0.3) is 0 Å². The lowest BCUT2D eigenvalue weighted by Crippen LogP contribution is -2.34. The molecule has 1 aromatic rings. The average Bonchev–Trinajstić information content (AvgIpc) is 2.21. The Labute approximate surface area is 89.3 Å². The first-order valence-corrected chi connectivity index (χ1v) is 4.82. The largest absolute Gasteiger partial charge is 0.508 e. The van der Waals surface area contributed by atoms with E-state index < -0.39 is 0 Å². The fourth-order valence-electron chi connectivity index (χ4n) is 1.25. The molecule has 0 saturated carbocycles. The van der Waals surface area contributed by atoms with Crippen LogP contribution in [-0.2, 0) is 0 Å². The topological polar surface area (TPSA) is 61.4 Å². The lowest BCUT2D eigenvalue weighted by Gasteiger charge is -2.14. The Morgan fingerprint density at radius 2 is 2.13 bits per heavy atom. The third-order valence-corrected chi connectivity index (χ3v) is 2.31. The Balaban J connectivity index is 2.78. The molecule has 15 heavy (non-hydrogen) atoms. The van der Waals surface area contributed by atoms with Gasteiger partial charge in [0.05, 0.1) is 6.04 Å². The van der Waals surface area contributed by atoms with Crippen LogP contribution in [0.1, 0.15) is 24.1 Å². The minimum atomic E-state index is -0.234. The van der Waals surface area contributed by atoms with Gasteiger partial charge in [0, 0.05) is 7.05 Å². The lowest BCUT2D eigenvalue weighted by atomic mass is 10.1. The number of benzene rings is 1. The van der Waals surface area contributed by atoms with E-state index in [1.165, 1.54) is 0 Å². The molecular formula is C11H16N2O2. The fraction of sp³-hybridized carbons (Fsp3) is 0.364. The SMILES string of the molecule is CNC(=O)N[C@H](C)c1ccc(C)c(O)c1. The second-order valence-electron chi connectivity index (χ2n) is 3.49. The Morgan fingerprint density at radius 3 is 2.67 bits per heavy atom. The maximum absolute atomic E-state index is 11.1. The van der Waals surface area contributed by atoms with E-state index in [-0.39, 0.29) is 17.8 Å². The first-order chi connectivity index (χ1) is 7.04. The van der Waals surface area contributed by atoms with Crippen molar-refractivity contribution in [1.29, 1.82) is 0 Å². The van der Waals surface area contributed by atoms with Gasteiger partial charge in [-0.3, -0.25) is 0 Å². The molecule has 0 saturated heterocycles. The van der Waals surface area contributed by atoms with E-state index in [0.29, 0.717) is 0 Å². The quantitative estimate of drug-likeness (QED) is 0.692. The van der Waals surface area contributed by atoms with Crippen molar-refractivity contribution in [2.24, 2.45) is 0 Å². The molecule has 0 unspecified atom stereocenters. The van der Waals surface area contributed by atoms with Gasteiger partial charge in [-0.1, -0.05) is 12.1 Å². The third kappa shape index (κ3) is 2.87. The van der Waals surface area contributed by atoms with Crippen molar-refractivity contribution in [2.75, 3.05) is 7.05 Å². The number of hydrogen-bond donors (Lipinski definition) is 3. The van der Waals surface area contributed by atoms with E-state index in [1.54, 1.807) is 13.1 Å². The van der Waals surface area contributed by atoms with Gasteiger partial charge >= 0.3 is 6.03 Å². The highest BCUT2D eigenvalue weighted by Crippen LogP contribution is 2.21. The number of urea groups is 1. The second kappa shape index (κ2) is 4.68. The van der Waals surface area contributed by atoms with Crippen molar-refractivity contribution < 1.29 is 9.90 Å². The van der Waals surface area contributed by atoms with Crippen LogP contribution in [0.4, 0.5) is 4.79 Å². The molecule has 82 valence electrons. The summed E-state index contributed by atoms with van der Waals surface area (Å²) in [6.07, 6.45) is 0. The summed E-state index contributed by atoms with van der Waals surface area (Å²) < 4.78 is 0. The summed E-state index contributed by atoms with van der Waals surface area (Å²) in [5.41, 5.74) is 1.70. The molecule has 0 aliphatic heterocycles. The number of carbonyl (C=O) groups excluding carboxylic acids is 1. The molecule has 3 N–H and O–H groups in total. The monoisotopic (exact) mass is 208 g/mol. The standard InChI is InChI=1S/C11H16N2O2/c1-7-4-5-9(6-10(7)14)8(2)13-11(15)12-3/h4-6,8,14H,1-3H3,(H2,12,13,15)/t8-/m1/s1. The molecule has 0 spiro atoms. The predicted octanol–water partition coefficient (Wildman–Crippen LogP) is 1.69. The third-order valence-electron chi connectivity index (χ3n) is 2.31. The zero-order valence-corrected chi connectivity index (χ0v) is 9.16. The molecule has 0 aliphatic carbocycles. The number of hydrogen-bond acceptors (Lipinski definition) is 2. The van der Waals surface area contributed by atoms with Crippen molar-refractivity contribution in [3.8, 4) is 5.75 Å². The van der Waals surface area contributed by atoms with E-state index >= 15 is 0 Å². The molecule has 0 radical (unpaired) electrons. The van der Waals surface area contributed by atoms with E-state index in [4.69, 9.17) is 0 Å². The predicted molar refractivity (Wildman–Crippen MR) is 58.9 cm³/mol. The Morgan fingerprint density at radius 1 is 1.47 bits per heavy atom. The van der Waals surface area contributed by atoms with E-state index in [9.17, 15) is 9.90 Å². The summed E-state index contributed by atoms with van der Waals surface area (Å²) in [5.74, 6) is 0.248. The van der Waals surface area contributed by atoms with Crippen LogP contribution in [0.15, 0.2) is 18.2 Å². The van der Waals surface area contributed by atoms with Crippen LogP contribution in [0.2, 0.25) is 0 Å². The minimum absolute atomic E-state index is 0.128. The number of carbonyl (C=O) groups is 1. The summed E-state index contributed by atoms with van der Waals surface area (Å²) in [5, 5.41) is 14.7. The van der Waals surface area contributed by atoms with Gasteiger partial charge < -0.3 is 15.7 Å². The summed E-state index contributed by atoms with van der Waals surface area (Å²) in [7, 11) is 1.56. The van der Waals surface area contributed by atoms with Crippen molar-refractivity contribution >= 4 is 6.03 Å². The Kier molecular flexibility index (Phi) is 3.55. The average molecular weight is 208 g/mol. The number of phenolic OH excluding ortho intramolecular Hbond substituents is 1. The summed E-state index contributed by atoms with van der Waals surface area (Å²) >= 11 is 0. The highest BCUT2D eigenvalue weighted by Gasteiger charge is 2.09. The first-order valence-electron chi connectivity index (χ1n) is 4.82. The van der Waals surface area contributed by atoms with Crippen LogP contribution >= 0.6 is 0 Å². The van der Waals surface area contributed by atoms with Crippen LogP contribution in [-0.4, -0.2) is 18.2 Å². The molecule has 0 aliphatic rings. The maximum Gasteiger partial charge on any atom is 0.315 e. The summed E-state index contributed by atoms with van der Waals surface area (Å²) in [4.78, 5) is 11.1. The molecular weight excluding hydrogens is 192 g/mol. The van der Waals surface area contributed by atoms with Crippen LogP contribution in [0.25, 0.3) is 0 Å².